The summed E-state index contributed by atoms with van der Waals surface area (Å²) in [6.07, 6.45) is 4.28. The highest BCUT2D eigenvalue weighted by Crippen LogP contribution is 2.29. The Hall–Kier alpha value is -2.54. The molecule has 28 heavy (non-hydrogen) atoms. The number of aromatic nitrogens is 2. The van der Waals surface area contributed by atoms with E-state index in [9.17, 15) is 9.18 Å². The van der Waals surface area contributed by atoms with Crippen LogP contribution in [0.25, 0.3) is 0 Å². The highest BCUT2D eigenvalue weighted by Gasteiger charge is 2.39. The molecule has 0 spiro atoms. The summed E-state index contributed by atoms with van der Waals surface area (Å²) in [6, 6.07) is 6.34. The fourth-order valence-corrected chi connectivity index (χ4v) is 4.29. The third-order valence-electron chi connectivity index (χ3n) is 5.94. The van der Waals surface area contributed by atoms with Gasteiger partial charge in [-0.1, -0.05) is 12.1 Å². The first-order chi connectivity index (χ1) is 13.5. The quantitative estimate of drug-likeness (QED) is 0.812. The van der Waals surface area contributed by atoms with Gasteiger partial charge in [-0.15, -0.1) is 0 Å². The smallest absolute Gasteiger partial charge is 0.240 e. The van der Waals surface area contributed by atoms with Gasteiger partial charge in [0.05, 0.1) is 17.8 Å². The minimum Gasteiger partial charge on any atom is -0.353 e. The number of carbonyl (C=O) groups excluding carboxylic acids is 1. The van der Waals surface area contributed by atoms with Crippen LogP contribution in [0, 0.1) is 12.7 Å². The topological polar surface area (TPSA) is 52.6 Å². The fourth-order valence-electron chi connectivity index (χ4n) is 4.29. The summed E-state index contributed by atoms with van der Waals surface area (Å²) in [5.74, 6) is 0.866. The van der Waals surface area contributed by atoms with Crippen LogP contribution in [0.3, 0.4) is 0 Å². The molecular formula is C21H26FN5O. The first-order valence-corrected chi connectivity index (χ1v) is 9.87. The zero-order valence-electron chi connectivity index (χ0n) is 16.4. The second kappa shape index (κ2) is 7.83. The molecule has 1 amide bonds. The zero-order valence-corrected chi connectivity index (χ0v) is 16.4. The lowest BCUT2D eigenvalue weighted by atomic mass is 10.1. The van der Waals surface area contributed by atoms with Gasteiger partial charge in [-0.25, -0.2) is 9.37 Å². The van der Waals surface area contributed by atoms with Gasteiger partial charge in [-0.2, -0.15) is 0 Å². The fraction of sp³-hybridized carbons (Fsp3) is 0.476. The van der Waals surface area contributed by atoms with Crippen molar-refractivity contribution in [3.63, 3.8) is 0 Å². The Morgan fingerprint density at radius 1 is 1.04 bits per heavy atom. The van der Waals surface area contributed by atoms with Gasteiger partial charge < -0.3 is 9.80 Å². The maximum Gasteiger partial charge on any atom is 0.240 e. The average Bonchev–Trinajstić information content (AvgIpc) is 3.10. The summed E-state index contributed by atoms with van der Waals surface area (Å²) < 4.78 is 13.2. The Kier molecular flexibility index (Phi) is 5.26. The van der Waals surface area contributed by atoms with Gasteiger partial charge >= 0.3 is 0 Å². The molecule has 7 heteroatoms. The van der Waals surface area contributed by atoms with Crippen molar-refractivity contribution in [3.05, 3.63) is 53.7 Å². The maximum absolute atomic E-state index is 13.2. The number of carbonyl (C=O) groups is 1. The molecule has 4 rings (SSSR count). The number of benzene rings is 1. The lowest BCUT2D eigenvalue weighted by Crippen LogP contribution is -2.53. The first-order valence-electron chi connectivity index (χ1n) is 9.87. The SMILES string of the molecule is Cc1nccnc1N1CCN([C@H]2CCN([C@@H](C)c3ccc(F)cc3)C2=O)CC1. The molecule has 1 aromatic heterocycles. The molecule has 148 valence electrons. The van der Waals surface area contributed by atoms with Crippen molar-refractivity contribution in [2.75, 3.05) is 37.6 Å². The van der Waals surface area contributed by atoms with Crippen molar-refractivity contribution in [3.8, 4) is 0 Å². The molecule has 2 fully saturated rings. The molecule has 0 radical (unpaired) electrons. The van der Waals surface area contributed by atoms with Crippen molar-refractivity contribution in [1.82, 2.24) is 19.8 Å². The van der Waals surface area contributed by atoms with Crippen LogP contribution in [0.15, 0.2) is 36.7 Å². The van der Waals surface area contributed by atoms with E-state index in [2.05, 4.69) is 19.8 Å². The second-order valence-electron chi connectivity index (χ2n) is 7.55. The van der Waals surface area contributed by atoms with Crippen LogP contribution in [0.5, 0.6) is 0 Å². The number of likely N-dealkylation sites (tertiary alicyclic amines) is 1. The maximum atomic E-state index is 13.2. The monoisotopic (exact) mass is 383 g/mol. The van der Waals surface area contributed by atoms with Gasteiger partial charge in [0.25, 0.3) is 0 Å². The Bertz CT molecular complexity index is 835. The molecule has 0 saturated carbocycles. The zero-order chi connectivity index (χ0) is 19.7. The molecule has 6 nitrogen and oxygen atoms in total. The second-order valence-corrected chi connectivity index (χ2v) is 7.55. The Morgan fingerprint density at radius 3 is 2.39 bits per heavy atom. The van der Waals surface area contributed by atoms with Gasteiger partial charge in [-0.05, 0) is 38.0 Å². The molecule has 2 aliphatic rings. The Morgan fingerprint density at radius 2 is 1.71 bits per heavy atom. The largest absolute Gasteiger partial charge is 0.353 e. The minimum atomic E-state index is -0.252. The van der Waals surface area contributed by atoms with Gasteiger partial charge in [0.15, 0.2) is 0 Å². The number of hydrogen-bond acceptors (Lipinski definition) is 5. The Labute approximate surface area is 165 Å². The third kappa shape index (κ3) is 3.58. The molecule has 2 saturated heterocycles. The van der Waals surface area contributed by atoms with Crippen LogP contribution in [-0.4, -0.2) is 64.4 Å². The lowest BCUT2D eigenvalue weighted by molar-refractivity contribution is -0.134. The summed E-state index contributed by atoms with van der Waals surface area (Å²) in [4.78, 5) is 28.3. The highest BCUT2D eigenvalue weighted by molar-refractivity contribution is 5.84. The molecule has 0 bridgehead atoms. The number of anilines is 1. The van der Waals surface area contributed by atoms with Crippen LogP contribution < -0.4 is 4.90 Å². The van der Waals surface area contributed by atoms with Crippen LogP contribution in [-0.2, 0) is 4.79 Å². The molecule has 2 aromatic rings. The van der Waals surface area contributed by atoms with Gasteiger partial charge in [0, 0.05) is 45.1 Å². The van der Waals surface area contributed by atoms with E-state index in [0.717, 1.165) is 56.2 Å². The minimum absolute atomic E-state index is 0.0402. The van der Waals surface area contributed by atoms with Crippen molar-refractivity contribution in [2.24, 2.45) is 0 Å². The summed E-state index contributed by atoms with van der Waals surface area (Å²) in [5.41, 5.74) is 1.91. The number of hydrogen-bond donors (Lipinski definition) is 0. The van der Waals surface area contributed by atoms with Crippen LogP contribution in [0.2, 0.25) is 0 Å². The Balaban J connectivity index is 1.38. The van der Waals surface area contributed by atoms with E-state index in [4.69, 9.17) is 0 Å². The standard InChI is InChI=1S/C21H26FN5O/c1-15-20(24-9-8-23-15)26-13-11-25(12-14-26)19-7-10-27(21(19)28)16(2)17-3-5-18(22)6-4-17/h3-6,8-9,16,19H,7,10-14H2,1-2H3/t16-,19-/m0/s1. The van der Waals surface area contributed by atoms with Crippen molar-refractivity contribution >= 4 is 11.7 Å². The van der Waals surface area contributed by atoms with E-state index < -0.39 is 0 Å². The van der Waals surface area contributed by atoms with Gasteiger partial charge in [0.2, 0.25) is 5.91 Å². The van der Waals surface area contributed by atoms with E-state index >= 15 is 0 Å². The van der Waals surface area contributed by atoms with Crippen molar-refractivity contribution in [1.29, 1.82) is 0 Å². The summed E-state index contributed by atoms with van der Waals surface area (Å²) >= 11 is 0. The van der Waals surface area contributed by atoms with Crippen molar-refractivity contribution in [2.45, 2.75) is 32.4 Å². The molecule has 2 atom stereocenters. The predicted molar refractivity (Wildman–Crippen MR) is 105 cm³/mol. The summed E-state index contributed by atoms with van der Waals surface area (Å²) in [6.45, 7) is 8.10. The van der Waals surface area contributed by atoms with E-state index in [0.29, 0.717) is 0 Å². The van der Waals surface area contributed by atoms with Gasteiger partial charge in [-0.3, -0.25) is 14.7 Å². The van der Waals surface area contributed by atoms with Crippen LogP contribution in [0.1, 0.15) is 30.6 Å². The number of amides is 1. The number of rotatable bonds is 4. The van der Waals surface area contributed by atoms with Crippen molar-refractivity contribution < 1.29 is 9.18 Å². The van der Waals surface area contributed by atoms with Crippen LogP contribution >= 0.6 is 0 Å². The van der Waals surface area contributed by atoms with E-state index in [1.165, 1.54) is 12.1 Å². The van der Waals surface area contributed by atoms with E-state index in [-0.39, 0.29) is 23.8 Å². The normalized spacial score (nSPS) is 22.0. The highest BCUT2D eigenvalue weighted by atomic mass is 19.1. The molecule has 0 unspecified atom stereocenters. The van der Waals surface area contributed by atoms with E-state index in [1.54, 1.807) is 24.5 Å². The van der Waals surface area contributed by atoms with Gasteiger partial charge in [0.1, 0.15) is 11.6 Å². The summed E-state index contributed by atoms with van der Waals surface area (Å²) in [7, 11) is 0. The molecule has 3 heterocycles. The number of aryl methyl sites for hydroxylation is 1. The first kappa shape index (κ1) is 18.8. The number of piperazine rings is 1. The molecule has 0 N–H and O–H groups in total. The molecule has 2 aliphatic heterocycles. The number of halogens is 1. The predicted octanol–water partition coefficient (Wildman–Crippen LogP) is 2.41. The molecular weight excluding hydrogens is 357 g/mol. The van der Waals surface area contributed by atoms with Crippen LogP contribution in [0.4, 0.5) is 10.2 Å². The average molecular weight is 383 g/mol. The van der Waals surface area contributed by atoms with E-state index in [1.807, 2.05) is 18.7 Å². The summed E-state index contributed by atoms with van der Waals surface area (Å²) in [5, 5.41) is 0. The third-order valence-corrected chi connectivity index (χ3v) is 5.94. The number of nitrogens with zero attached hydrogens (tertiary/aromatic N) is 5. The molecule has 1 aromatic carbocycles. The molecule has 0 aliphatic carbocycles. The lowest BCUT2D eigenvalue weighted by Gasteiger charge is -2.38.